The SMILES string of the molecule is Fc1ccc(F)c(COc2ccc(Cl)cc2Br)c1. The van der Waals surface area contributed by atoms with E-state index in [1.165, 1.54) is 0 Å². The van der Waals surface area contributed by atoms with Crippen molar-refractivity contribution in [2.75, 3.05) is 0 Å². The van der Waals surface area contributed by atoms with Crippen molar-refractivity contribution in [3.8, 4) is 5.75 Å². The molecule has 0 spiro atoms. The highest BCUT2D eigenvalue weighted by Gasteiger charge is 2.07. The minimum absolute atomic E-state index is 0.0518. The van der Waals surface area contributed by atoms with Crippen LogP contribution in [0.2, 0.25) is 5.02 Å². The van der Waals surface area contributed by atoms with Crippen LogP contribution in [0.3, 0.4) is 0 Å². The average Bonchev–Trinajstić information content (AvgIpc) is 2.32. The molecule has 0 saturated carbocycles. The molecule has 2 rings (SSSR count). The Hall–Kier alpha value is -1.13. The first-order chi connectivity index (χ1) is 8.56. The molecular weight excluding hydrogens is 325 g/mol. The number of rotatable bonds is 3. The van der Waals surface area contributed by atoms with Gasteiger partial charge in [-0.05, 0) is 52.3 Å². The maximum atomic E-state index is 13.4. The fraction of sp³-hybridized carbons (Fsp3) is 0.0769. The summed E-state index contributed by atoms with van der Waals surface area (Å²) in [5.41, 5.74) is 0.164. The van der Waals surface area contributed by atoms with Gasteiger partial charge in [-0.3, -0.25) is 0 Å². The molecule has 5 heteroatoms. The Labute approximate surface area is 116 Å². The third-order valence-electron chi connectivity index (χ3n) is 2.28. The zero-order valence-electron chi connectivity index (χ0n) is 9.09. The van der Waals surface area contributed by atoms with Gasteiger partial charge in [-0.15, -0.1) is 0 Å². The number of hydrogen-bond donors (Lipinski definition) is 0. The van der Waals surface area contributed by atoms with Gasteiger partial charge in [0.25, 0.3) is 0 Å². The van der Waals surface area contributed by atoms with Gasteiger partial charge in [0.2, 0.25) is 0 Å². The third-order valence-corrected chi connectivity index (χ3v) is 3.14. The van der Waals surface area contributed by atoms with Crippen LogP contribution in [0.4, 0.5) is 8.78 Å². The molecule has 0 bridgehead atoms. The van der Waals surface area contributed by atoms with E-state index >= 15 is 0 Å². The minimum atomic E-state index is -0.499. The number of hydrogen-bond acceptors (Lipinski definition) is 1. The molecule has 0 radical (unpaired) electrons. The van der Waals surface area contributed by atoms with E-state index < -0.39 is 11.6 Å². The van der Waals surface area contributed by atoms with Gasteiger partial charge in [-0.25, -0.2) is 8.78 Å². The standard InChI is InChI=1S/C13H8BrClF2O/c14-11-6-9(15)1-4-13(11)18-7-8-5-10(16)2-3-12(8)17/h1-6H,7H2. The topological polar surface area (TPSA) is 9.23 Å². The molecule has 0 unspecified atom stereocenters. The highest BCUT2D eigenvalue weighted by atomic mass is 79.9. The zero-order valence-corrected chi connectivity index (χ0v) is 11.4. The molecule has 0 N–H and O–H groups in total. The van der Waals surface area contributed by atoms with Crippen molar-refractivity contribution in [1.82, 2.24) is 0 Å². The predicted molar refractivity (Wildman–Crippen MR) is 69.8 cm³/mol. The predicted octanol–water partition coefficient (Wildman–Crippen LogP) is 4.96. The van der Waals surface area contributed by atoms with Gasteiger partial charge >= 0.3 is 0 Å². The van der Waals surface area contributed by atoms with Crippen molar-refractivity contribution < 1.29 is 13.5 Å². The number of ether oxygens (including phenoxy) is 1. The minimum Gasteiger partial charge on any atom is -0.488 e. The van der Waals surface area contributed by atoms with E-state index in [1.807, 2.05) is 0 Å². The summed E-state index contributed by atoms with van der Waals surface area (Å²) in [4.78, 5) is 0. The first-order valence-corrected chi connectivity index (χ1v) is 6.25. The number of benzene rings is 2. The molecule has 0 heterocycles. The van der Waals surface area contributed by atoms with E-state index in [0.717, 1.165) is 18.2 Å². The van der Waals surface area contributed by atoms with Crippen molar-refractivity contribution >= 4 is 27.5 Å². The van der Waals surface area contributed by atoms with Crippen molar-refractivity contribution in [1.29, 1.82) is 0 Å². The Morgan fingerprint density at radius 3 is 2.61 bits per heavy atom. The van der Waals surface area contributed by atoms with Crippen molar-refractivity contribution in [2.45, 2.75) is 6.61 Å². The first-order valence-electron chi connectivity index (χ1n) is 5.08. The van der Waals surface area contributed by atoms with E-state index in [4.69, 9.17) is 16.3 Å². The molecule has 0 aliphatic rings. The highest BCUT2D eigenvalue weighted by molar-refractivity contribution is 9.10. The lowest BCUT2D eigenvalue weighted by Gasteiger charge is -2.09. The van der Waals surface area contributed by atoms with E-state index in [1.54, 1.807) is 18.2 Å². The van der Waals surface area contributed by atoms with Crippen LogP contribution in [0.1, 0.15) is 5.56 Å². The molecule has 0 aromatic heterocycles. The Morgan fingerprint density at radius 2 is 1.89 bits per heavy atom. The lowest BCUT2D eigenvalue weighted by Crippen LogP contribution is -1.99. The molecule has 0 aliphatic carbocycles. The van der Waals surface area contributed by atoms with Crippen LogP contribution in [0, 0.1) is 11.6 Å². The molecule has 0 fully saturated rings. The molecule has 1 nitrogen and oxygen atoms in total. The van der Waals surface area contributed by atoms with Crippen LogP contribution >= 0.6 is 27.5 Å². The molecule has 0 aliphatic heterocycles. The monoisotopic (exact) mass is 332 g/mol. The largest absolute Gasteiger partial charge is 0.488 e. The lowest BCUT2D eigenvalue weighted by molar-refractivity contribution is 0.297. The second kappa shape index (κ2) is 5.67. The van der Waals surface area contributed by atoms with Gasteiger partial charge in [0.15, 0.2) is 0 Å². The van der Waals surface area contributed by atoms with Crippen molar-refractivity contribution in [2.24, 2.45) is 0 Å². The molecule has 2 aromatic rings. The molecule has 18 heavy (non-hydrogen) atoms. The summed E-state index contributed by atoms with van der Waals surface area (Å²) >= 11 is 9.06. The van der Waals surface area contributed by atoms with E-state index in [9.17, 15) is 8.78 Å². The summed E-state index contributed by atoms with van der Waals surface area (Å²) in [5.74, 6) is -0.477. The average molecular weight is 334 g/mol. The van der Waals surface area contributed by atoms with Gasteiger partial charge in [-0.2, -0.15) is 0 Å². The van der Waals surface area contributed by atoms with Gasteiger partial charge in [-0.1, -0.05) is 11.6 Å². The van der Waals surface area contributed by atoms with E-state index in [0.29, 0.717) is 15.2 Å². The van der Waals surface area contributed by atoms with Crippen LogP contribution in [0.5, 0.6) is 5.75 Å². The van der Waals surface area contributed by atoms with Crippen LogP contribution in [0.25, 0.3) is 0 Å². The maximum absolute atomic E-state index is 13.4. The van der Waals surface area contributed by atoms with Crippen molar-refractivity contribution in [3.05, 3.63) is 63.1 Å². The second-order valence-corrected chi connectivity index (χ2v) is 4.89. The Morgan fingerprint density at radius 1 is 1.11 bits per heavy atom. The number of halogens is 4. The summed E-state index contributed by atoms with van der Waals surface area (Å²) in [7, 11) is 0. The Bertz CT molecular complexity index is 575. The molecule has 0 atom stereocenters. The first kappa shape index (κ1) is 13.3. The van der Waals surface area contributed by atoms with Crippen molar-refractivity contribution in [3.63, 3.8) is 0 Å². The lowest BCUT2D eigenvalue weighted by atomic mass is 10.2. The molecule has 94 valence electrons. The molecule has 2 aromatic carbocycles. The summed E-state index contributed by atoms with van der Waals surface area (Å²) in [6, 6.07) is 8.23. The third kappa shape index (κ3) is 3.21. The smallest absolute Gasteiger partial charge is 0.134 e. The van der Waals surface area contributed by atoms with Gasteiger partial charge in [0, 0.05) is 10.6 Å². The Balaban J connectivity index is 2.13. The van der Waals surface area contributed by atoms with Gasteiger partial charge in [0.05, 0.1) is 4.47 Å². The summed E-state index contributed by atoms with van der Waals surface area (Å²) < 4.78 is 32.4. The fourth-order valence-electron chi connectivity index (χ4n) is 1.40. The zero-order chi connectivity index (χ0) is 13.1. The summed E-state index contributed by atoms with van der Waals surface area (Å²) in [6.45, 7) is -0.0518. The molecular formula is C13H8BrClF2O. The summed E-state index contributed by atoms with van der Waals surface area (Å²) in [6.07, 6.45) is 0. The van der Waals surface area contributed by atoms with Crippen LogP contribution in [-0.4, -0.2) is 0 Å². The van der Waals surface area contributed by atoms with E-state index in [-0.39, 0.29) is 12.2 Å². The molecule has 0 saturated heterocycles. The fourth-order valence-corrected chi connectivity index (χ4v) is 2.20. The highest BCUT2D eigenvalue weighted by Crippen LogP contribution is 2.28. The normalized spacial score (nSPS) is 10.4. The second-order valence-electron chi connectivity index (χ2n) is 3.60. The summed E-state index contributed by atoms with van der Waals surface area (Å²) in [5, 5.41) is 0.561. The maximum Gasteiger partial charge on any atom is 0.134 e. The van der Waals surface area contributed by atoms with Crippen LogP contribution in [-0.2, 0) is 6.61 Å². The molecule has 0 amide bonds. The quantitative estimate of drug-likeness (QED) is 0.771. The Kier molecular flexibility index (Phi) is 4.19. The van der Waals surface area contributed by atoms with Gasteiger partial charge < -0.3 is 4.74 Å². The van der Waals surface area contributed by atoms with E-state index in [2.05, 4.69) is 15.9 Å². The van der Waals surface area contributed by atoms with Crippen LogP contribution < -0.4 is 4.74 Å². The van der Waals surface area contributed by atoms with Gasteiger partial charge in [0.1, 0.15) is 24.0 Å². The van der Waals surface area contributed by atoms with Crippen LogP contribution in [0.15, 0.2) is 40.9 Å².